The lowest BCUT2D eigenvalue weighted by Gasteiger charge is -2.04. The Morgan fingerprint density at radius 2 is 2.12 bits per heavy atom. The van der Waals surface area contributed by atoms with Crippen molar-refractivity contribution in [3.8, 4) is 0 Å². The minimum atomic E-state index is 0.597. The fraction of sp³-hybridized carbons (Fsp3) is 0.636. The predicted octanol–water partition coefficient (Wildman–Crippen LogP) is 0.688. The molecule has 1 aromatic rings. The second kappa shape index (κ2) is 3.81. The van der Waals surface area contributed by atoms with Crippen LogP contribution in [-0.4, -0.2) is 28.2 Å². The monoisotopic (exact) mass is 219 g/mol. The van der Waals surface area contributed by atoms with Crippen molar-refractivity contribution in [2.75, 3.05) is 0 Å². The first-order valence-corrected chi connectivity index (χ1v) is 5.90. The number of nitrogens with one attached hydrogen (secondary N) is 3. The molecule has 86 valence electrons. The highest BCUT2D eigenvalue weighted by molar-refractivity contribution is 5.83. The van der Waals surface area contributed by atoms with E-state index in [9.17, 15) is 0 Å². The molecule has 0 amide bonds. The Morgan fingerprint density at radius 3 is 2.75 bits per heavy atom. The lowest BCUT2D eigenvalue weighted by Crippen LogP contribution is -2.28. The van der Waals surface area contributed by atoms with Gasteiger partial charge in [-0.15, -0.1) is 0 Å². The van der Waals surface area contributed by atoms with Gasteiger partial charge in [0, 0.05) is 17.8 Å². The van der Waals surface area contributed by atoms with Crippen molar-refractivity contribution >= 4 is 5.96 Å². The lowest BCUT2D eigenvalue weighted by molar-refractivity contribution is 0.583. The van der Waals surface area contributed by atoms with Gasteiger partial charge >= 0.3 is 0 Å². The Hall–Kier alpha value is -1.52. The van der Waals surface area contributed by atoms with Crippen LogP contribution in [0.3, 0.4) is 0 Å². The van der Waals surface area contributed by atoms with Crippen molar-refractivity contribution in [3.05, 3.63) is 17.5 Å². The van der Waals surface area contributed by atoms with Gasteiger partial charge < -0.3 is 10.6 Å². The van der Waals surface area contributed by atoms with Gasteiger partial charge in [0.25, 0.3) is 0 Å². The molecule has 1 aliphatic heterocycles. The van der Waals surface area contributed by atoms with Gasteiger partial charge in [0.1, 0.15) is 0 Å². The number of nitrogens with zero attached hydrogens (tertiary/aromatic N) is 2. The van der Waals surface area contributed by atoms with E-state index in [2.05, 4.69) is 25.8 Å². The Bertz CT molecular complexity index is 394. The molecule has 3 N–H and O–H groups in total. The smallest absolute Gasteiger partial charge is 0.192 e. The molecule has 1 saturated heterocycles. The summed E-state index contributed by atoms with van der Waals surface area (Å²) >= 11 is 0. The molecule has 2 atom stereocenters. The third kappa shape index (κ3) is 1.77. The van der Waals surface area contributed by atoms with Gasteiger partial charge in [-0.05, 0) is 32.3 Å². The molecule has 2 fully saturated rings. The van der Waals surface area contributed by atoms with Crippen LogP contribution in [0.2, 0.25) is 0 Å². The highest BCUT2D eigenvalue weighted by Crippen LogP contribution is 2.22. The van der Waals surface area contributed by atoms with Crippen LogP contribution in [0.15, 0.2) is 11.1 Å². The van der Waals surface area contributed by atoms with Crippen molar-refractivity contribution in [2.45, 2.75) is 44.8 Å². The van der Waals surface area contributed by atoms with Crippen LogP contribution in [-0.2, 0) is 6.54 Å². The van der Waals surface area contributed by atoms with Gasteiger partial charge in [0.05, 0.1) is 12.2 Å². The first-order valence-electron chi connectivity index (χ1n) is 5.90. The number of guanidine groups is 1. The summed E-state index contributed by atoms with van der Waals surface area (Å²) in [4.78, 5) is 4.50. The van der Waals surface area contributed by atoms with Crippen LogP contribution in [0.1, 0.15) is 30.7 Å². The van der Waals surface area contributed by atoms with Crippen LogP contribution in [0.25, 0.3) is 0 Å². The molecule has 3 rings (SSSR count). The largest absolute Gasteiger partial charge is 0.352 e. The first kappa shape index (κ1) is 9.69. The summed E-state index contributed by atoms with van der Waals surface area (Å²) in [5, 5.41) is 13.9. The zero-order valence-electron chi connectivity index (χ0n) is 9.45. The Morgan fingerprint density at radius 1 is 1.38 bits per heavy atom. The van der Waals surface area contributed by atoms with Gasteiger partial charge in [-0.3, -0.25) is 5.10 Å². The number of aromatic nitrogens is 2. The normalized spacial score (nSPS) is 27.4. The summed E-state index contributed by atoms with van der Waals surface area (Å²) in [5.41, 5.74) is 2.07. The minimum Gasteiger partial charge on any atom is -0.352 e. The number of H-pyrrole nitrogens is 1. The summed E-state index contributed by atoms with van der Waals surface area (Å²) in [7, 11) is 0. The predicted molar refractivity (Wildman–Crippen MR) is 62.2 cm³/mol. The number of aromatic amines is 1. The second-order valence-electron chi connectivity index (χ2n) is 4.64. The van der Waals surface area contributed by atoms with Crippen LogP contribution in [0.5, 0.6) is 0 Å². The molecule has 0 bridgehead atoms. The lowest BCUT2D eigenvalue weighted by atomic mass is 10.2. The number of hydrogen-bond donors (Lipinski definition) is 3. The number of aliphatic imine (C=N–C) groups is 1. The molecule has 2 heterocycles. The number of aryl methyl sites for hydroxylation is 1. The van der Waals surface area contributed by atoms with Crippen LogP contribution in [0.4, 0.5) is 0 Å². The van der Waals surface area contributed by atoms with E-state index in [1.54, 1.807) is 0 Å². The maximum absolute atomic E-state index is 4.50. The van der Waals surface area contributed by atoms with Gasteiger partial charge in [-0.25, -0.2) is 4.99 Å². The van der Waals surface area contributed by atoms with Gasteiger partial charge in [0.15, 0.2) is 5.96 Å². The highest BCUT2D eigenvalue weighted by Gasteiger charge is 2.33. The molecular weight excluding hydrogens is 202 g/mol. The molecule has 5 heteroatoms. The third-order valence-corrected chi connectivity index (χ3v) is 3.32. The minimum absolute atomic E-state index is 0.597. The van der Waals surface area contributed by atoms with E-state index < -0.39 is 0 Å². The standard InChI is InChI=1S/C11H17N5/c1-7-5-8(16-15-7)6-12-11-13-9-3-2-4-10(9)14-11/h5,9-10H,2-4,6H2,1H3,(H,15,16)(H2,12,13,14). The maximum Gasteiger partial charge on any atom is 0.192 e. The molecule has 1 aromatic heterocycles. The fourth-order valence-electron chi connectivity index (χ4n) is 2.51. The molecule has 0 spiro atoms. The van der Waals surface area contributed by atoms with Crippen molar-refractivity contribution in [1.29, 1.82) is 0 Å². The summed E-state index contributed by atoms with van der Waals surface area (Å²) < 4.78 is 0. The summed E-state index contributed by atoms with van der Waals surface area (Å²) in [6, 6.07) is 3.22. The van der Waals surface area contributed by atoms with E-state index >= 15 is 0 Å². The van der Waals surface area contributed by atoms with E-state index in [0.29, 0.717) is 18.6 Å². The number of hydrogen-bond acceptors (Lipinski definition) is 2. The van der Waals surface area contributed by atoms with Crippen molar-refractivity contribution in [1.82, 2.24) is 20.8 Å². The zero-order valence-corrected chi connectivity index (χ0v) is 9.45. The molecule has 16 heavy (non-hydrogen) atoms. The molecule has 2 aliphatic rings. The van der Waals surface area contributed by atoms with Crippen molar-refractivity contribution in [2.24, 2.45) is 4.99 Å². The fourth-order valence-corrected chi connectivity index (χ4v) is 2.51. The number of fused-ring (bicyclic) bond motifs is 1. The molecule has 0 aromatic carbocycles. The Balaban J connectivity index is 1.62. The van der Waals surface area contributed by atoms with E-state index in [0.717, 1.165) is 17.3 Å². The topological polar surface area (TPSA) is 65.1 Å². The van der Waals surface area contributed by atoms with Crippen molar-refractivity contribution < 1.29 is 0 Å². The molecular formula is C11H17N5. The van der Waals surface area contributed by atoms with Gasteiger partial charge in [-0.1, -0.05) is 0 Å². The van der Waals surface area contributed by atoms with E-state index in [4.69, 9.17) is 0 Å². The maximum atomic E-state index is 4.50. The highest BCUT2D eigenvalue weighted by atomic mass is 15.3. The SMILES string of the molecule is Cc1cc(CN=C2NC3CCCC3N2)n[nH]1. The van der Waals surface area contributed by atoms with Crippen LogP contribution < -0.4 is 10.6 Å². The van der Waals surface area contributed by atoms with Gasteiger partial charge in [-0.2, -0.15) is 5.10 Å². The Labute approximate surface area is 94.7 Å². The Kier molecular flexibility index (Phi) is 2.31. The molecule has 0 radical (unpaired) electrons. The molecule has 1 aliphatic carbocycles. The van der Waals surface area contributed by atoms with Gasteiger partial charge in [0.2, 0.25) is 0 Å². The van der Waals surface area contributed by atoms with E-state index in [-0.39, 0.29) is 0 Å². The average Bonchev–Trinajstić information content (AvgIpc) is 2.89. The zero-order chi connectivity index (χ0) is 11.0. The first-order chi connectivity index (χ1) is 7.81. The number of rotatable bonds is 2. The van der Waals surface area contributed by atoms with Crippen molar-refractivity contribution in [3.63, 3.8) is 0 Å². The molecule has 2 unspecified atom stereocenters. The quantitative estimate of drug-likeness (QED) is 0.685. The molecule has 5 nitrogen and oxygen atoms in total. The van der Waals surface area contributed by atoms with E-state index in [1.165, 1.54) is 19.3 Å². The second-order valence-corrected chi connectivity index (χ2v) is 4.64. The molecule has 1 saturated carbocycles. The summed E-state index contributed by atoms with van der Waals surface area (Å²) in [5.74, 6) is 0.940. The average molecular weight is 219 g/mol. The summed E-state index contributed by atoms with van der Waals surface area (Å²) in [6.45, 7) is 2.64. The van der Waals surface area contributed by atoms with Crippen LogP contribution in [0, 0.1) is 6.92 Å². The van der Waals surface area contributed by atoms with E-state index in [1.807, 2.05) is 13.0 Å². The summed E-state index contributed by atoms with van der Waals surface area (Å²) in [6.07, 6.45) is 3.84. The van der Waals surface area contributed by atoms with Crippen LogP contribution >= 0.6 is 0 Å². The third-order valence-electron chi connectivity index (χ3n) is 3.32.